The molecule has 292 valence electrons. The number of rotatable bonds is 6. The second-order valence-corrected chi connectivity index (χ2v) is 16.6. The van der Waals surface area contributed by atoms with Crippen molar-refractivity contribution in [3.63, 3.8) is 0 Å². The molecule has 1 unspecified atom stereocenters. The van der Waals surface area contributed by atoms with Gasteiger partial charge in [-0.1, -0.05) is 152 Å². The van der Waals surface area contributed by atoms with Gasteiger partial charge in [-0.05, 0) is 111 Å². The molecule has 9 aromatic carbocycles. The van der Waals surface area contributed by atoms with Crippen molar-refractivity contribution in [2.24, 2.45) is 0 Å². The Morgan fingerprint density at radius 1 is 0.403 bits per heavy atom. The lowest BCUT2D eigenvalue weighted by Crippen LogP contribution is -2.26. The number of benzene rings is 9. The Hall–Kier alpha value is -7.88. The molecule has 3 aliphatic rings. The average Bonchev–Trinajstić information content (AvgIpc) is 3.97. The first-order valence-corrected chi connectivity index (χ1v) is 21.7. The lowest BCUT2D eigenvalue weighted by atomic mass is 9.70. The van der Waals surface area contributed by atoms with Crippen molar-refractivity contribution in [1.29, 1.82) is 0 Å². The number of fused-ring (bicyclic) bond motifs is 15. The number of nitrogens with zero attached hydrogens (tertiary/aromatic N) is 2. The van der Waals surface area contributed by atoms with Crippen molar-refractivity contribution in [2.45, 2.75) is 18.3 Å². The number of hydrogen-bond acceptors (Lipinski definition) is 3. The topological polar surface area (TPSA) is 19.6 Å². The molecule has 0 N–H and O–H groups in total. The Kier molecular flexibility index (Phi) is 7.65. The fourth-order valence-electron chi connectivity index (χ4n) is 11.0. The van der Waals surface area contributed by atoms with Gasteiger partial charge in [0.25, 0.3) is 0 Å². The van der Waals surface area contributed by atoms with Crippen LogP contribution in [0.2, 0.25) is 0 Å². The largest absolute Gasteiger partial charge is 0.460 e. The van der Waals surface area contributed by atoms with E-state index < -0.39 is 5.41 Å². The van der Waals surface area contributed by atoms with Crippen LogP contribution < -0.4 is 9.80 Å². The summed E-state index contributed by atoms with van der Waals surface area (Å²) >= 11 is 0. The molecule has 1 atom stereocenters. The number of allylic oxidation sites excluding steroid dienone is 1. The zero-order valence-corrected chi connectivity index (χ0v) is 34.0. The van der Waals surface area contributed by atoms with Gasteiger partial charge in [-0.15, -0.1) is 0 Å². The van der Waals surface area contributed by atoms with Gasteiger partial charge < -0.3 is 14.2 Å². The summed E-state index contributed by atoms with van der Waals surface area (Å²) in [7, 11) is 0. The molecule has 0 saturated carbocycles. The van der Waals surface area contributed by atoms with Crippen molar-refractivity contribution in [1.82, 2.24) is 0 Å². The van der Waals surface area contributed by atoms with Crippen LogP contribution in [0.4, 0.5) is 34.1 Å². The highest BCUT2D eigenvalue weighted by atomic mass is 16.3. The van der Waals surface area contributed by atoms with Gasteiger partial charge in [-0.3, -0.25) is 0 Å². The molecular weight excluding hydrogens is 753 g/mol. The highest BCUT2D eigenvalue weighted by molar-refractivity contribution is 6.13. The highest BCUT2D eigenvalue weighted by Gasteiger charge is 2.53. The van der Waals surface area contributed by atoms with Gasteiger partial charge in [-0.25, -0.2) is 0 Å². The summed E-state index contributed by atoms with van der Waals surface area (Å²) in [6, 6.07) is 76.0. The van der Waals surface area contributed by atoms with Crippen molar-refractivity contribution in [2.75, 3.05) is 9.80 Å². The van der Waals surface area contributed by atoms with Gasteiger partial charge in [0.15, 0.2) is 0 Å². The lowest BCUT2D eigenvalue weighted by Gasteiger charge is -2.33. The number of furan rings is 1. The van der Waals surface area contributed by atoms with Crippen LogP contribution in [-0.2, 0) is 11.8 Å². The normalized spacial score (nSPS) is 15.3. The fraction of sp³-hybridized carbons (Fsp3) is 0.0508. The zero-order chi connectivity index (χ0) is 40.8. The van der Waals surface area contributed by atoms with Crippen LogP contribution in [0.15, 0.2) is 217 Å². The smallest absolute Gasteiger partial charge is 0.137 e. The van der Waals surface area contributed by atoms with Gasteiger partial charge in [-0.2, -0.15) is 0 Å². The fourth-order valence-corrected chi connectivity index (χ4v) is 11.0. The molecule has 1 spiro atoms. The van der Waals surface area contributed by atoms with Gasteiger partial charge in [0.2, 0.25) is 0 Å². The minimum absolute atomic E-state index is 0.593. The van der Waals surface area contributed by atoms with E-state index in [0.29, 0.717) is 0 Å². The number of aryl methyl sites for hydroxylation is 1. The van der Waals surface area contributed by atoms with E-state index in [1.807, 2.05) is 0 Å². The first kappa shape index (κ1) is 34.9. The molecule has 3 heteroatoms. The predicted molar refractivity (Wildman–Crippen MR) is 257 cm³/mol. The molecule has 1 heterocycles. The van der Waals surface area contributed by atoms with Gasteiger partial charge >= 0.3 is 0 Å². The molecule has 0 radical (unpaired) electrons. The molecule has 0 fully saturated rings. The van der Waals surface area contributed by atoms with E-state index in [0.717, 1.165) is 63.7 Å². The molecule has 3 nitrogen and oxygen atoms in total. The molecule has 3 aliphatic carbocycles. The number of anilines is 6. The molecular formula is C59H40N2O. The third-order valence-electron chi connectivity index (χ3n) is 13.5. The second-order valence-electron chi connectivity index (χ2n) is 16.6. The number of para-hydroxylation sites is 3. The summed E-state index contributed by atoms with van der Waals surface area (Å²) in [5.41, 5.74) is 18.5. The van der Waals surface area contributed by atoms with Crippen molar-refractivity contribution in [3.8, 4) is 22.3 Å². The molecule has 10 aromatic rings. The van der Waals surface area contributed by atoms with Gasteiger partial charge in [0, 0.05) is 57.1 Å². The molecule has 1 aromatic heterocycles. The van der Waals surface area contributed by atoms with Crippen LogP contribution in [0.1, 0.15) is 40.0 Å². The molecule has 0 aliphatic heterocycles. The predicted octanol–water partition coefficient (Wildman–Crippen LogP) is 15.8. The second kappa shape index (κ2) is 13.6. The maximum absolute atomic E-state index is 6.60. The minimum atomic E-state index is -0.593. The monoisotopic (exact) mass is 792 g/mol. The standard InChI is InChI=1S/C59H40N2O/c1-4-19-39(20-5-1)60(40-21-6-2-7-22-40)54-38-52-57(46-27-11-10-25-43(46)54)47-28-12-15-30-49(47)59(52)50-31-16-13-29-48(50)58-51(59)32-18-33-53(58)61(41-23-8-3-9-24-41)42-35-36-45-44-26-14-17-34-55(44)62-56(45)37-42/h1-16,18-33,35-38H,17,34H2. The first-order valence-electron chi connectivity index (χ1n) is 21.7. The van der Waals surface area contributed by atoms with Crippen LogP contribution in [0.25, 0.3) is 50.1 Å². The summed E-state index contributed by atoms with van der Waals surface area (Å²) in [6.07, 6.45) is 6.42. The Bertz CT molecular complexity index is 3380. The summed E-state index contributed by atoms with van der Waals surface area (Å²) in [6.45, 7) is 0. The quantitative estimate of drug-likeness (QED) is 0.167. The Balaban J connectivity index is 1.12. The van der Waals surface area contributed by atoms with Crippen molar-refractivity contribution < 1.29 is 4.42 Å². The van der Waals surface area contributed by atoms with E-state index in [9.17, 15) is 0 Å². The third kappa shape index (κ3) is 4.88. The van der Waals surface area contributed by atoms with Gasteiger partial charge in [0.1, 0.15) is 11.3 Å². The molecule has 62 heavy (non-hydrogen) atoms. The highest BCUT2D eigenvalue weighted by Crippen LogP contribution is 2.66. The summed E-state index contributed by atoms with van der Waals surface area (Å²) in [5.74, 6) is 1.07. The summed E-state index contributed by atoms with van der Waals surface area (Å²) in [5, 5.41) is 3.63. The van der Waals surface area contributed by atoms with E-state index >= 15 is 0 Å². The van der Waals surface area contributed by atoms with E-state index in [1.54, 1.807) is 0 Å². The first-order chi connectivity index (χ1) is 30.8. The minimum Gasteiger partial charge on any atom is -0.460 e. The molecule has 13 rings (SSSR count). The maximum atomic E-state index is 6.60. The van der Waals surface area contributed by atoms with E-state index in [4.69, 9.17) is 4.42 Å². The SMILES string of the molecule is C1=Cc2c(oc3cc(N(c4ccccc4)c4cccc5c4-c4ccccc4C54c5ccccc5-c5c4cc(N(c4ccccc4)c4ccccc4)c4ccccc54)ccc23)CC1. The lowest BCUT2D eigenvalue weighted by molar-refractivity contribution is 0.546. The Labute approximate surface area is 361 Å². The van der Waals surface area contributed by atoms with E-state index in [2.05, 4.69) is 228 Å². The number of hydrogen-bond donors (Lipinski definition) is 0. The van der Waals surface area contributed by atoms with Crippen LogP contribution >= 0.6 is 0 Å². The van der Waals surface area contributed by atoms with E-state index in [1.165, 1.54) is 60.8 Å². The summed E-state index contributed by atoms with van der Waals surface area (Å²) < 4.78 is 6.60. The summed E-state index contributed by atoms with van der Waals surface area (Å²) in [4.78, 5) is 4.87. The van der Waals surface area contributed by atoms with Crippen molar-refractivity contribution in [3.05, 3.63) is 246 Å². The Morgan fingerprint density at radius 3 is 1.65 bits per heavy atom. The van der Waals surface area contributed by atoms with E-state index in [-0.39, 0.29) is 0 Å². The van der Waals surface area contributed by atoms with Crippen LogP contribution in [0, 0.1) is 0 Å². The van der Waals surface area contributed by atoms with Crippen LogP contribution in [0.3, 0.4) is 0 Å². The zero-order valence-electron chi connectivity index (χ0n) is 34.0. The van der Waals surface area contributed by atoms with Crippen molar-refractivity contribution >= 4 is 61.9 Å². The van der Waals surface area contributed by atoms with Gasteiger partial charge in [0.05, 0.1) is 16.8 Å². The Morgan fingerprint density at radius 2 is 0.968 bits per heavy atom. The van der Waals surface area contributed by atoms with Crippen LogP contribution in [0.5, 0.6) is 0 Å². The molecule has 0 saturated heterocycles. The molecule has 0 bridgehead atoms. The molecule has 0 amide bonds. The van der Waals surface area contributed by atoms with Crippen LogP contribution in [-0.4, -0.2) is 0 Å². The third-order valence-corrected chi connectivity index (χ3v) is 13.5. The maximum Gasteiger partial charge on any atom is 0.137 e. The average molecular weight is 793 g/mol.